The molecule has 3 heteroatoms. The molecule has 2 unspecified atom stereocenters. The molecule has 1 aromatic carbocycles. The number of nitrogens with one attached hydrogen (secondary N) is 1. The van der Waals surface area contributed by atoms with Crippen molar-refractivity contribution in [3.63, 3.8) is 0 Å². The van der Waals surface area contributed by atoms with Crippen LogP contribution in [-0.4, -0.2) is 19.8 Å². The van der Waals surface area contributed by atoms with Gasteiger partial charge in [-0.1, -0.05) is 35.0 Å². The molecule has 0 saturated heterocycles. The molecular formula is C16H22BrNO. The summed E-state index contributed by atoms with van der Waals surface area (Å²) in [5, 5.41) is 3.36. The Morgan fingerprint density at radius 2 is 1.95 bits per heavy atom. The second-order valence-corrected chi connectivity index (χ2v) is 6.10. The SMILES string of the molecule is CC1CC=CCC1COCCNc1ccc(Br)cc1. The van der Waals surface area contributed by atoms with Crippen LogP contribution in [0.25, 0.3) is 0 Å². The molecule has 0 radical (unpaired) electrons. The average Bonchev–Trinajstić information content (AvgIpc) is 2.42. The van der Waals surface area contributed by atoms with E-state index >= 15 is 0 Å². The van der Waals surface area contributed by atoms with Crippen molar-refractivity contribution < 1.29 is 4.74 Å². The number of halogens is 1. The van der Waals surface area contributed by atoms with E-state index in [0.717, 1.165) is 35.8 Å². The predicted molar refractivity (Wildman–Crippen MR) is 84.5 cm³/mol. The molecule has 1 N–H and O–H groups in total. The van der Waals surface area contributed by atoms with Crippen molar-refractivity contribution in [2.24, 2.45) is 11.8 Å². The topological polar surface area (TPSA) is 21.3 Å². The van der Waals surface area contributed by atoms with E-state index in [1.54, 1.807) is 0 Å². The molecule has 0 spiro atoms. The van der Waals surface area contributed by atoms with Crippen LogP contribution in [0.2, 0.25) is 0 Å². The van der Waals surface area contributed by atoms with E-state index in [1.807, 2.05) is 12.1 Å². The van der Waals surface area contributed by atoms with Gasteiger partial charge in [-0.05, 0) is 48.9 Å². The fourth-order valence-corrected chi connectivity index (χ4v) is 2.57. The highest BCUT2D eigenvalue weighted by Gasteiger charge is 2.17. The molecule has 0 aliphatic heterocycles. The third kappa shape index (κ3) is 5.00. The van der Waals surface area contributed by atoms with E-state index in [1.165, 1.54) is 12.8 Å². The maximum atomic E-state index is 5.78. The van der Waals surface area contributed by atoms with Crippen LogP contribution in [-0.2, 0) is 4.74 Å². The quantitative estimate of drug-likeness (QED) is 0.615. The van der Waals surface area contributed by atoms with Crippen molar-refractivity contribution in [3.05, 3.63) is 40.9 Å². The molecule has 0 aromatic heterocycles. The number of allylic oxidation sites excluding steroid dienone is 2. The van der Waals surface area contributed by atoms with Gasteiger partial charge in [0.1, 0.15) is 0 Å². The van der Waals surface area contributed by atoms with E-state index in [2.05, 4.69) is 52.5 Å². The first kappa shape index (κ1) is 14.6. The molecule has 0 bridgehead atoms. The number of benzene rings is 1. The maximum absolute atomic E-state index is 5.78. The van der Waals surface area contributed by atoms with Crippen molar-refractivity contribution in [2.75, 3.05) is 25.1 Å². The first-order valence-corrected chi connectivity index (χ1v) is 7.77. The zero-order valence-electron chi connectivity index (χ0n) is 11.4. The van der Waals surface area contributed by atoms with Crippen LogP contribution in [0.5, 0.6) is 0 Å². The Kier molecular flexibility index (Phi) is 5.93. The monoisotopic (exact) mass is 323 g/mol. The van der Waals surface area contributed by atoms with Crippen LogP contribution in [0, 0.1) is 11.8 Å². The molecule has 1 aliphatic rings. The first-order chi connectivity index (χ1) is 9.25. The number of hydrogen-bond acceptors (Lipinski definition) is 2. The van der Waals surface area contributed by atoms with Crippen molar-refractivity contribution in [1.29, 1.82) is 0 Å². The number of hydrogen-bond donors (Lipinski definition) is 1. The lowest BCUT2D eigenvalue weighted by molar-refractivity contribution is 0.0860. The standard InChI is InChI=1S/C16H22BrNO/c1-13-4-2-3-5-14(13)12-19-11-10-18-16-8-6-15(17)7-9-16/h2-3,6-9,13-14,18H,4-5,10-12H2,1H3. The Hall–Kier alpha value is -0.800. The van der Waals surface area contributed by atoms with Gasteiger partial charge in [-0.2, -0.15) is 0 Å². The summed E-state index contributed by atoms with van der Waals surface area (Å²) >= 11 is 3.43. The summed E-state index contributed by atoms with van der Waals surface area (Å²) in [6.45, 7) is 4.83. The van der Waals surface area contributed by atoms with E-state index in [4.69, 9.17) is 4.74 Å². The van der Waals surface area contributed by atoms with Gasteiger partial charge in [0.05, 0.1) is 13.2 Å². The van der Waals surface area contributed by atoms with Crippen LogP contribution < -0.4 is 5.32 Å². The van der Waals surface area contributed by atoms with Crippen molar-refractivity contribution in [1.82, 2.24) is 0 Å². The smallest absolute Gasteiger partial charge is 0.0639 e. The van der Waals surface area contributed by atoms with Gasteiger partial charge >= 0.3 is 0 Å². The molecular weight excluding hydrogens is 302 g/mol. The molecule has 1 aliphatic carbocycles. The molecule has 2 nitrogen and oxygen atoms in total. The molecule has 1 aromatic rings. The Morgan fingerprint density at radius 1 is 1.21 bits per heavy atom. The second-order valence-electron chi connectivity index (χ2n) is 5.19. The van der Waals surface area contributed by atoms with Gasteiger partial charge in [-0.25, -0.2) is 0 Å². The third-order valence-corrected chi connectivity index (χ3v) is 4.20. The molecule has 0 fully saturated rings. The minimum atomic E-state index is 0.692. The lowest BCUT2D eigenvalue weighted by Crippen LogP contribution is -2.21. The highest BCUT2D eigenvalue weighted by atomic mass is 79.9. The molecule has 104 valence electrons. The Morgan fingerprint density at radius 3 is 2.68 bits per heavy atom. The first-order valence-electron chi connectivity index (χ1n) is 6.98. The van der Waals surface area contributed by atoms with Crippen LogP contribution in [0.1, 0.15) is 19.8 Å². The fourth-order valence-electron chi connectivity index (χ4n) is 2.31. The summed E-state index contributed by atoms with van der Waals surface area (Å²) in [7, 11) is 0. The average molecular weight is 324 g/mol. The summed E-state index contributed by atoms with van der Waals surface area (Å²) in [5.74, 6) is 1.45. The van der Waals surface area contributed by atoms with Gasteiger partial charge in [0, 0.05) is 16.7 Å². The molecule has 0 saturated carbocycles. The van der Waals surface area contributed by atoms with Crippen LogP contribution >= 0.6 is 15.9 Å². The summed E-state index contributed by atoms with van der Waals surface area (Å²) < 4.78 is 6.89. The summed E-state index contributed by atoms with van der Waals surface area (Å²) in [6, 6.07) is 8.22. The molecule has 0 amide bonds. The van der Waals surface area contributed by atoms with Gasteiger partial charge in [0.15, 0.2) is 0 Å². The van der Waals surface area contributed by atoms with Crippen LogP contribution in [0.4, 0.5) is 5.69 Å². The third-order valence-electron chi connectivity index (χ3n) is 3.67. The van der Waals surface area contributed by atoms with E-state index < -0.39 is 0 Å². The lowest BCUT2D eigenvalue weighted by Gasteiger charge is -2.24. The van der Waals surface area contributed by atoms with Crippen molar-refractivity contribution >= 4 is 21.6 Å². The van der Waals surface area contributed by atoms with E-state index in [9.17, 15) is 0 Å². The summed E-state index contributed by atoms with van der Waals surface area (Å²) in [5.41, 5.74) is 1.14. The number of rotatable bonds is 6. The zero-order valence-corrected chi connectivity index (χ0v) is 13.0. The molecule has 0 heterocycles. The normalized spacial score (nSPS) is 22.4. The highest BCUT2D eigenvalue weighted by molar-refractivity contribution is 9.10. The Labute approximate surface area is 124 Å². The number of ether oxygens (including phenoxy) is 1. The van der Waals surface area contributed by atoms with Crippen LogP contribution in [0.3, 0.4) is 0 Å². The fraction of sp³-hybridized carbons (Fsp3) is 0.500. The van der Waals surface area contributed by atoms with Gasteiger partial charge in [0.25, 0.3) is 0 Å². The highest BCUT2D eigenvalue weighted by Crippen LogP contribution is 2.24. The molecule has 19 heavy (non-hydrogen) atoms. The van der Waals surface area contributed by atoms with Gasteiger partial charge in [-0.15, -0.1) is 0 Å². The Balaban J connectivity index is 1.59. The summed E-state index contributed by atoms with van der Waals surface area (Å²) in [4.78, 5) is 0. The largest absolute Gasteiger partial charge is 0.383 e. The van der Waals surface area contributed by atoms with E-state index in [-0.39, 0.29) is 0 Å². The van der Waals surface area contributed by atoms with Crippen LogP contribution in [0.15, 0.2) is 40.9 Å². The van der Waals surface area contributed by atoms with Crippen molar-refractivity contribution in [3.8, 4) is 0 Å². The minimum absolute atomic E-state index is 0.692. The zero-order chi connectivity index (χ0) is 13.5. The predicted octanol–water partition coefficient (Wildman–Crippen LogP) is 4.48. The maximum Gasteiger partial charge on any atom is 0.0639 e. The van der Waals surface area contributed by atoms with E-state index in [0.29, 0.717) is 5.92 Å². The van der Waals surface area contributed by atoms with Crippen molar-refractivity contribution in [2.45, 2.75) is 19.8 Å². The Bertz CT molecular complexity index is 402. The molecule has 2 atom stereocenters. The lowest BCUT2D eigenvalue weighted by atomic mass is 9.85. The minimum Gasteiger partial charge on any atom is -0.383 e. The second kappa shape index (κ2) is 7.71. The van der Waals surface area contributed by atoms with Gasteiger partial charge in [0.2, 0.25) is 0 Å². The summed E-state index contributed by atoms with van der Waals surface area (Å²) in [6.07, 6.45) is 6.94. The molecule has 2 rings (SSSR count). The number of anilines is 1. The van der Waals surface area contributed by atoms with Gasteiger partial charge < -0.3 is 10.1 Å². The van der Waals surface area contributed by atoms with Gasteiger partial charge in [-0.3, -0.25) is 0 Å².